The average molecular weight is 281 g/mol. The number of nitrogens with zero attached hydrogens (tertiary/aromatic N) is 1. The van der Waals surface area contributed by atoms with Gasteiger partial charge >= 0.3 is 0 Å². The van der Waals surface area contributed by atoms with Crippen LogP contribution in [0.3, 0.4) is 0 Å². The maximum Gasteiger partial charge on any atom is 0.226 e. The maximum absolute atomic E-state index is 12.2. The molecule has 1 aliphatic carbocycles. The molecule has 4 heteroatoms. The van der Waals surface area contributed by atoms with E-state index < -0.39 is 0 Å². The number of carbonyl (C=O) groups excluding carboxylic acids is 1. The van der Waals surface area contributed by atoms with E-state index >= 15 is 0 Å². The lowest BCUT2D eigenvalue weighted by molar-refractivity contribution is -0.190. The lowest BCUT2D eigenvalue weighted by Crippen LogP contribution is -2.67. The molecule has 0 radical (unpaired) electrons. The van der Waals surface area contributed by atoms with Crippen molar-refractivity contribution in [3.8, 4) is 0 Å². The summed E-state index contributed by atoms with van der Waals surface area (Å²) in [4.78, 5) is 14.2. The van der Waals surface area contributed by atoms with E-state index in [0.29, 0.717) is 23.7 Å². The molecule has 3 fully saturated rings. The fourth-order valence-corrected chi connectivity index (χ4v) is 3.70. The molecular formula is C16H27NO3. The van der Waals surface area contributed by atoms with Crippen molar-refractivity contribution in [3.05, 3.63) is 0 Å². The molecule has 3 atom stereocenters. The highest BCUT2D eigenvalue weighted by Crippen LogP contribution is 2.43. The fourth-order valence-electron chi connectivity index (χ4n) is 3.70. The van der Waals surface area contributed by atoms with E-state index in [1.165, 1.54) is 0 Å². The Bertz CT molecular complexity index is 365. The number of hydrogen-bond donors (Lipinski definition) is 0. The minimum Gasteiger partial charge on any atom is -0.382 e. The first-order valence-electron chi connectivity index (χ1n) is 8.14. The molecule has 0 bridgehead atoms. The summed E-state index contributed by atoms with van der Waals surface area (Å²) < 4.78 is 11.5. The van der Waals surface area contributed by atoms with E-state index in [1.807, 2.05) is 11.8 Å². The lowest BCUT2D eigenvalue weighted by atomic mass is 9.79. The Kier molecular flexibility index (Phi) is 4.04. The summed E-state index contributed by atoms with van der Waals surface area (Å²) in [6, 6.07) is 0. The van der Waals surface area contributed by atoms with Crippen LogP contribution in [0.25, 0.3) is 0 Å². The molecule has 0 aromatic carbocycles. The Balaban J connectivity index is 1.45. The van der Waals surface area contributed by atoms with Crippen LogP contribution in [-0.4, -0.2) is 49.3 Å². The number of ether oxygens (including phenoxy) is 2. The fraction of sp³-hybridized carbons (Fsp3) is 0.938. The van der Waals surface area contributed by atoms with Gasteiger partial charge in [-0.1, -0.05) is 6.92 Å². The smallest absolute Gasteiger partial charge is 0.226 e. The summed E-state index contributed by atoms with van der Waals surface area (Å²) >= 11 is 0. The van der Waals surface area contributed by atoms with E-state index in [4.69, 9.17) is 9.47 Å². The molecule has 1 saturated carbocycles. The molecule has 0 aromatic rings. The van der Waals surface area contributed by atoms with Gasteiger partial charge in [0.05, 0.1) is 13.1 Å². The predicted molar refractivity (Wildman–Crippen MR) is 76.4 cm³/mol. The Labute approximate surface area is 121 Å². The zero-order valence-corrected chi connectivity index (χ0v) is 12.8. The largest absolute Gasteiger partial charge is 0.382 e. The zero-order valence-electron chi connectivity index (χ0n) is 12.8. The molecule has 20 heavy (non-hydrogen) atoms. The molecule has 2 saturated heterocycles. The van der Waals surface area contributed by atoms with Crippen LogP contribution >= 0.6 is 0 Å². The number of hydrogen-bond acceptors (Lipinski definition) is 3. The molecule has 4 nitrogen and oxygen atoms in total. The minimum absolute atomic E-state index is 0.0249. The topological polar surface area (TPSA) is 38.8 Å². The van der Waals surface area contributed by atoms with E-state index in [0.717, 1.165) is 58.6 Å². The molecule has 0 N–H and O–H groups in total. The van der Waals surface area contributed by atoms with Crippen LogP contribution in [0.4, 0.5) is 0 Å². The van der Waals surface area contributed by atoms with Gasteiger partial charge in [0.2, 0.25) is 5.91 Å². The Morgan fingerprint density at radius 1 is 1.45 bits per heavy atom. The first-order chi connectivity index (χ1) is 9.63. The summed E-state index contributed by atoms with van der Waals surface area (Å²) in [5.41, 5.74) is -0.0249. The molecular weight excluding hydrogens is 254 g/mol. The van der Waals surface area contributed by atoms with E-state index in [-0.39, 0.29) is 5.60 Å². The average Bonchev–Trinajstić information content (AvgIpc) is 3.13. The van der Waals surface area contributed by atoms with Crippen LogP contribution < -0.4 is 0 Å². The molecule has 3 rings (SSSR count). The van der Waals surface area contributed by atoms with Gasteiger partial charge in [-0.25, -0.2) is 0 Å². The highest BCUT2D eigenvalue weighted by molar-refractivity contribution is 5.82. The normalized spacial score (nSPS) is 34.9. The van der Waals surface area contributed by atoms with Crippen molar-refractivity contribution in [2.24, 2.45) is 17.8 Å². The van der Waals surface area contributed by atoms with Gasteiger partial charge < -0.3 is 14.4 Å². The SMILES string of the molecule is CCOCC[C@@H]1CCOC2(C1)CN(C(=O)[C@H]1C[C@H]1C)C2. The quantitative estimate of drug-likeness (QED) is 0.724. The highest BCUT2D eigenvalue weighted by atomic mass is 16.5. The second kappa shape index (κ2) is 5.64. The van der Waals surface area contributed by atoms with Gasteiger partial charge in [0.1, 0.15) is 5.60 Å². The summed E-state index contributed by atoms with van der Waals surface area (Å²) in [7, 11) is 0. The standard InChI is InChI=1S/C16H27NO3/c1-3-19-6-4-13-5-7-20-16(9-13)10-17(11-16)15(18)14-8-12(14)2/h12-14H,3-11H2,1-2H3/t12-,13-,14+/m1/s1. The van der Waals surface area contributed by atoms with Gasteiger partial charge in [0.15, 0.2) is 0 Å². The van der Waals surface area contributed by atoms with Crippen LogP contribution in [0, 0.1) is 17.8 Å². The third-order valence-electron chi connectivity index (χ3n) is 5.17. The summed E-state index contributed by atoms with van der Waals surface area (Å²) in [5, 5.41) is 0. The highest BCUT2D eigenvalue weighted by Gasteiger charge is 2.52. The van der Waals surface area contributed by atoms with Crippen molar-refractivity contribution in [2.75, 3.05) is 32.9 Å². The molecule has 2 heterocycles. The summed E-state index contributed by atoms with van der Waals surface area (Å²) in [6.07, 6.45) is 4.46. The molecule has 1 spiro atoms. The first-order valence-corrected chi connectivity index (χ1v) is 8.14. The molecule has 2 aliphatic heterocycles. The van der Waals surface area contributed by atoms with Gasteiger partial charge in [0, 0.05) is 25.7 Å². The van der Waals surface area contributed by atoms with Crippen molar-refractivity contribution in [1.29, 1.82) is 0 Å². The van der Waals surface area contributed by atoms with Gasteiger partial charge in [0.25, 0.3) is 0 Å². The third kappa shape index (κ3) is 2.86. The zero-order chi connectivity index (χ0) is 14.2. The number of carbonyl (C=O) groups is 1. The molecule has 0 aromatic heterocycles. The maximum atomic E-state index is 12.2. The van der Waals surface area contributed by atoms with Crippen molar-refractivity contribution >= 4 is 5.91 Å². The summed E-state index contributed by atoms with van der Waals surface area (Å²) in [5.74, 6) is 1.98. The van der Waals surface area contributed by atoms with E-state index in [9.17, 15) is 4.79 Å². The monoisotopic (exact) mass is 281 g/mol. The molecule has 1 amide bonds. The number of likely N-dealkylation sites (tertiary alicyclic amines) is 1. The van der Waals surface area contributed by atoms with Crippen molar-refractivity contribution in [2.45, 2.75) is 45.1 Å². The number of amides is 1. The van der Waals surface area contributed by atoms with Crippen LogP contribution in [0.2, 0.25) is 0 Å². The molecule has 3 aliphatic rings. The van der Waals surface area contributed by atoms with E-state index in [1.54, 1.807) is 0 Å². The first kappa shape index (κ1) is 14.3. The van der Waals surface area contributed by atoms with E-state index in [2.05, 4.69) is 6.92 Å². The second-order valence-electron chi connectivity index (χ2n) is 6.89. The predicted octanol–water partition coefficient (Wildman–Crippen LogP) is 2.08. The van der Waals surface area contributed by atoms with Crippen molar-refractivity contribution < 1.29 is 14.3 Å². The van der Waals surface area contributed by atoms with Gasteiger partial charge in [-0.2, -0.15) is 0 Å². The van der Waals surface area contributed by atoms with Gasteiger partial charge in [-0.05, 0) is 44.4 Å². The lowest BCUT2D eigenvalue weighted by Gasteiger charge is -2.53. The van der Waals surface area contributed by atoms with Gasteiger partial charge in [-0.3, -0.25) is 4.79 Å². The van der Waals surface area contributed by atoms with Crippen LogP contribution in [-0.2, 0) is 14.3 Å². The Hall–Kier alpha value is -0.610. The van der Waals surface area contributed by atoms with Crippen LogP contribution in [0.15, 0.2) is 0 Å². The minimum atomic E-state index is -0.0249. The summed E-state index contributed by atoms with van der Waals surface area (Å²) in [6.45, 7) is 8.35. The van der Waals surface area contributed by atoms with Crippen LogP contribution in [0.1, 0.15) is 39.5 Å². The third-order valence-corrected chi connectivity index (χ3v) is 5.17. The molecule has 0 unspecified atom stereocenters. The number of rotatable bonds is 5. The van der Waals surface area contributed by atoms with Crippen molar-refractivity contribution in [1.82, 2.24) is 4.90 Å². The van der Waals surface area contributed by atoms with Crippen molar-refractivity contribution in [3.63, 3.8) is 0 Å². The molecule has 114 valence electrons. The Morgan fingerprint density at radius 2 is 2.20 bits per heavy atom. The second-order valence-corrected chi connectivity index (χ2v) is 6.89. The Morgan fingerprint density at radius 3 is 2.85 bits per heavy atom. The van der Waals surface area contributed by atoms with Gasteiger partial charge in [-0.15, -0.1) is 0 Å². The van der Waals surface area contributed by atoms with Crippen LogP contribution in [0.5, 0.6) is 0 Å².